The Kier molecular flexibility index (Phi) is 3.95. The van der Waals surface area contributed by atoms with Crippen molar-refractivity contribution in [3.63, 3.8) is 0 Å². The second-order valence-corrected chi connectivity index (χ2v) is 6.77. The standard InChI is InChI=1S/C12H12F3NO6S/c1-11(3-4-11)16-6-7(10(18)21-2)8(5-9(16)17)22-23(19,20)12(13,14)15/h5-6H,3-4H2,1-2H3. The van der Waals surface area contributed by atoms with Crippen LogP contribution in [0.5, 0.6) is 5.75 Å². The summed E-state index contributed by atoms with van der Waals surface area (Å²) in [5.41, 5.74) is -7.64. The third kappa shape index (κ3) is 3.19. The lowest BCUT2D eigenvalue weighted by molar-refractivity contribution is -0.0500. The molecule has 1 aromatic rings. The zero-order valence-corrected chi connectivity index (χ0v) is 12.8. The predicted octanol–water partition coefficient (Wildman–Crippen LogP) is 1.37. The Morgan fingerprint density at radius 1 is 1.35 bits per heavy atom. The Morgan fingerprint density at radius 2 is 1.91 bits per heavy atom. The average Bonchev–Trinajstić information content (AvgIpc) is 3.15. The largest absolute Gasteiger partial charge is 0.534 e. The number of hydrogen-bond donors (Lipinski definition) is 0. The van der Waals surface area contributed by atoms with E-state index in [0.717, 1.165) is 17.9 Å². The monoisotopic (exact) mass is 355 g/mol. The normalized spacial score (nSPS) is 16.7. The molecule has 2 rings (SSSR count). The number of pyridine rings is 1. The second kappa shape index (κ2) is 5.25. The molecule has 0 aliphatic heterocycles. The molecule has 0 N–H and O–H groups in total. The van der Waals surface area contributed by atoms with E-state index in [1.54, 1.807) is 6.92 Å². The molecule has 0 unspecified atom stereocenters. The van der Waals surface area contributed by atoms with E-state index in [1.807, 2.05) is 0 Å². The van der Waals surface area contributed by atoms with Crippen molar-refractivity contribution in [3.8, 4) is 5.75 Å². The van der Waals surface area contributed by atoms with Gasteiger partial charge >= 0.3 is 21.6 Å². The molecular formula is C12H12F3NO6S. The van der Waals surface area contributed by atoms with E-state index in [9.17, 15) is 31.2 Å². The summed E-state index contributed by atoms with van der Waals surface area (Å²) in [4.78, 5) is 23.7. The van der Waals surface area contributed by atoms with Crippen LogP contribution in [0.25, 0.3) is 0 Å². The average molecular weight is 355 g/mol. The fraction of sp³-hybridized carbons (Fsp3) is 0.500. The molecule has 1 aliphatic carbocycles. The van der Waals surface area contributed by atoms with Gasteiger partial charge in [-0.1, -0.05) is 0 Å². The van der Waals surface area contributed by atoms with Crippen molar-refractivity contribution in [1.29, 1.82) is 0 Å². The molecule has 1 heterocycles. The van der Waals surface area contributed by atoms with Crippen LogP contribution in [0.1, 0.15) is 30.1 Å². The van der Waals surface area contributed by atoms with Crippen molar-refractivity contribution in [3.05, 3.63) is 28.2 Å². The van der Waals surface area contributed by atoms with Gasteiger partial charge in [-0.2, -0.15) is 21.6 Å². The lowest BCUT2D eigenvalue weighted by Crippen LogP contribution is -2.32. The SMILES string of the molecule is COC(=O)c1cn(C2(C)CC2)c(=O)cc1OS(=O)(=O)C(F)(F)F. The predicted molar refractivity (Wildman–Crippen MR) is 70.5 cm³/mol. The molecule has 0 saturated heterocycles. The van der Waals surface area contributed by atoms with E-state index < -0.39 is 44.0 Å². The number of carbonyl (C=O) groups is 1. The van der Waals surface area contributed by atoms with E-state index in [-0.39, 0.29) is 0 Å². The first kappa shape index (κ1) is 17.3. The van der Waals surface area contributed by atoms with Gasteiger partial charge in [0.15, 0.2) is 5.75 Å². The Labute approximate surface area is 128 Å². The van der Waals surface area contributed by atoms with E-state index >= 15 is 0 Å². The number of carbonyl (C=O) groups excluding carboxylic acids is 1. The summed E-state index contributed by atoms with van der Waals surface area (Å²) < 4.78 is 68.8. The summed E-state index contributed by atoms with van der Waals surface area (Å²) in [6.45, 7) is 1.71. The van der Waals surface area contributed by atoms with Crippen molar-refractivity contribution >= 4 is 16.1 Å². The highest BCUT2D eigenvalue weighted by Gasteiger charge is 2.49. The van der Waals surface area contributed by atoms with Gasteiger partial charge in [0.05, 0.1) is 7.11 Å². The second-order valence-electron chi connectivity index (χ2n) is 5.23. The van der Waals surface area contributed by atoms with E-state index in [2.05, 4.69) is 8.92 Å². The Morgan fingerprint density at radius 3 is 2.35 bits per heavy atom. The van der Waals surface area contributed by atoms with Crippen LogP contribution in [0.3, 0.4) is 0 Å². The molecule has 0 spiro atoms. The lowest BCUT2D eigenvalue weighted by atomic mass is 10.2. The van der Waals surface area contributed by atoms with E-state index in [4.69, 9.17) is 0 Å². The topological polar surface area (TPSA) is 91.7 Å². The highest BCUT2D eigenvalue weighted by atomic mass is 32.2. The smallest absolute Gasteiger partial charge is 0.465 e. The lowest BCUT2D eigenvalue weighted by Gasteiger charge is -2.17. The van der Waals surface area contributed by atoms with Crippen LogP contribution in [0.2, 0.25) is 0 Å². The van der Waals surface area contributed by atoms with E-state index in [0.29, 0.717) is 18.9 Å². The summed E-state index contributed by atoms with van der Waals surface area (Å²) in [6.07, 6.45) is 2.21. The molecule has 0 atom stereocenters. The number of methoxy groups -OCH3 is 1. The fourth-order valence-corrected chi connectivity index (χ4v) is 2.33. The first-order valence-electron chi connectivity index (χ1n) is 6.27. The molecule has 0 aromatic carbocycles. The molecule has 1 aromatic heterocycles. The van der Waals surface area contributed by atoms with Crippen LogP contribution in [-0.2, 0) is 20.4 Å². The minimum absolute atomic E-state index is 0.527. The molecule has 1 aliphatic rings. The molecular weight excluding hydrogens is 343 g/mol. The molecule has 1 saturated carbocycles. The Bertz CT molecular complexity index is 807. The fourth-order valence-electron chi connectivity index (χ4n) is 1.86. The quantitative estimate of drug-likeness (QED) is 0.460. The molecule has 0 radical (unpaired) electrons. The summed E-state index contributed by atoms with van der Waals surface area (Å²) in [5, 5.41) is 0. The maximum absolute atomic E-state index is 12.4. The molecule has 0 amide bonds. The van der Waals surface area contributed by atoms with Gasteiger partial charge in [-0.05, 0) is 19.8 Å². The van der Waals surface area contributed by atoms with Gasteiger partial charge in [-0.15, -0.1) is 0 Å². The number of alkyl halides is 3. The molecule has 11 heteroatoms. The number of aromatic nitrogens is 1. The van der Waals surface area contributed by atoms with Crippen LogP contribution in [0.15, 0.2) is 17.1 Å². The third-order valence-electron chi connectivity index (χ3n) is 3.46. The van der Waals surface area contributed by atoms with Crippen molar-refractivity contribution in [2.75, 3.05) is 7.11 Å². The first-order valence-corrected chi connectivity index (χ1v) is 7.68. The highest BCUT2D eigenvalue weighted by molar-refractivity contribution is 7.88. The maximum atomic E-state index is 12.4. The van der Waals surface area contributed by atoms with E-state index in [1.165, 1.54) is 0 Å². The summed E-state index contributed by atoms with van der Waals surface area (Å²) in [7, 11) is -5.06. The summed E-state index contributed by atoms with van der Waals surface area (Å²) in [5.74, 6) is -2.16. The molecule has 23 heavy (non-hydrogen) atoms. The van der Waals surface area contributed by atoms with Crippen LogP contribution >= 0.6 is 0 Å². The van der Waals surface area contributed by atoms with Crippen LogP contribution in [0, 0.1) is 0 Å². The number of hydrogen-bond acceptors (Lipinski definition) is 6. The minimum atomic E-state index is -6.02. The van der Waals surface area contributed by atoms with Crippen LogP contribution in [-0.4, -0.2) is 31.6 Å². The first-order chi connectivity index (χ1) is 10.4. The number of esters is 1. The zero-order valence-electron chi connectivity index (χ0n) is 12.0. The molecule has 7 nitrogen and oxygen atoms in total. The van der Waals surface area contributed by atoms with Gasteiger partial charge in [0, 0.05) is 17.8 Å². The van der Waals surface area contributed by atoms with Gasteiger partial charge in [0.2, 0.25) is 0 Å². The molecule has 1 fully saturated rings. The van der Waals surface area contributed by atoms with Gasteiger partial charge in [0.1, 0.15) is 5.56 Å². The highest BCUT2D eigenvalue weighted by Crippen LogP contribution is 2.42. The third-order valence-corrected chi connectivity index (χ3v) is 4.43. The number of nitrogens with zero attached hydrogens (tertiary/aromatic N) is 1. The van der Waals surface area contributed by atoms with Gasteiger partial charge in [0.25, 0.3) is 5.56 Å². The van der Waals surface area contributed by atoms with Crippen molar-refractivity contribution < 1.29 is 35.3 Å². The number of halogens is 3. The van der Waals surface area contributed by atoms with Crippen molar-refractivity contribution in [2.24, 2.45) is 0 Å². The molecule has 0 bridgehead atoms. The van der Waals surface area contributed by atoms with Crippen molar-refractivity contribution in [1.82, 2.24) is 4.57 Å². The zero-order chi connectivity index (χ0) is 17.6. The summed E-state index contributed by atoms with van der Waals surface area (Å²) >= 11 is 0. The van der Waals surface area contributed by atoms with Crippen LogP contribution in [0.4, 0.5) is 13.2 Å². The Balaban J connectivity index is 2.58. The summed E-state index contributed by atoms with van der Waals surface area (Å²) in [6, 6.07) is 0.527. The number of ether oxygens (including phenoxy) is 1. The van der Waals surface area contributed by atoms with Gasteiger partial charge in [-0.3, -0.25) is 4.79 Å². The number of rotatable bonds is 4. The van der Waals surface area contributed by atoms with Gasteiger partial charge in [-0.25, -0.2) is 4.79 Å². The molecule has 128 valence electrons. The van der Waals surface area contributed by atoms with Gasteiger partial charge < -0.3 is 13.5 Å². The van der Waals surface area contributed by atoms with Crippen LogP contribution < -0.4 is 9.74 Å². The Hall–Kier alpha value is -2.04. The maximum Gasteiger partial charge on any atom is 0.534 e. The van der Waals surface area contributed by atoms with Crippen molar-refractivity contribution in [2.45, 2.75) is 30.8 Å². The minimum Gasteiger partial charge on any atom is -0.465 e.